The molecule has 3 aromatic rings. The summed E-state index contributed by atoms with van der Waals surface area (Å²) in [6.45, 7) is 2.03. The first kappa shape index (κ1) is 17.2. The van der Waals surface area contributed by atoms with Gasteiger partial charge in [0.2, 0.25) is 0 Å². The fourth-order valence-electron chi connectivity index (χ4n) is 2.51. The highest BCUT2D eigenvalue weighted by atomic mass is 79.9. The van der Waals surface area contributed by atoms with E-state index in [9.17, 15) is 4.79 Å². The molecular weight excluding hydrogens is 378 g/mol. The van der Waals surface area contributed by atoms with Crippen molar-refractivity contribution in [2.24, 2.45) is 0 Å². The molecule has 0 bridgehead atoms. The summed E-state index contributed by atoms with van der Waals surface area (Å²) in [6, 6.07) is 17.4. The van der Waals surface area contributed by atoms with E-state index in [0.717, 1.165) is 27.1 Å². The Labute approximate surface area is 155 Å². The Morgan fingerprint density at radius 3 is 2.56 bits per heavy atom. The topological polar surface area (TPSA) is 45.2 Å². The van der Waals surface area contributed by atoms with Crippen molar-refractivity contribution in [3.8, 4) is 0 Å². The molecule has 1 N–H and O–H groups in total. The number of carbonyl (C=O) groups excluding carboxylic acids is 1. The van der Waals surface area contributed by atoms with Crippen LogP contribution in [0.15, 0.2) is 71.5 Å². The van der Waals surface area contributed by atoms with Gasteiger partial charge in [0.05, 0.1) is 17.4 Å². The quantitative estimate of drug-likeness (QED) is 0.662. The van der Waals surface area contributed by atoms with Crippen LogP contribution in [0.2, 0.25) is 0 Å². The van der Waals surface area contributed by atoms with Gasteiger partial charge in [0.1, 0.15) is 0 Å². The van der Waals surface area contributed by atoms with Crippen LogP contribution in [0.1, 0.15) is 15.9 Å². The van der Waals surface area contributed by atoms with Crippen LogP contribution in [0.25, 0.3) is 0 Å². The number of hydrogen-bond donors (Lipinski definition) is 1. The van der Waals surface area contributed by atoms with Crippen molar-refractivity contribution in [1.82, 2.24) is 4.98 Å². The van der Waals surface area contributed by atoms with Gasteiger partial charge in [-0.15, -0.1) is 0 Å². The van der Waals surface area contributed by atoms with Crippen LogP contribution in [0, 0.1) is 6.92 Å². The summed E-state index contributed by atoms with van der Waals surface area (Å²) in [5, 5.41) is 3.32. The summed E-state index contributed by atoms with van der Waals surface area (Å²) in [6.07, 6.45) is 3.29. The van der Waals surface area contributed by atoms with Crippen molar-refractivity contribution in [3.05, 3.63) is 82.6 Å². The van der Waals surface area contributed by atoms with Gasteiger partial charge in [-0.25, -0.2) is 0 Å². The minimum atomic E-state index is -0.102. The van der Waals surface area contributed by atoms with Crippen LogP contribution >= 0.6 is 15.9 Å². The van der Waals surface area contributed by atoms with E-state index >= 15 is 0 Å². The van der Waals surface area contributed by atoms with E-state index in [4.69, 9.17) is 0 Å². The fraction of sp³-hybridized carbons (Fsp3) is 0.100. The minimum absolute atomic E-state index is 0.102. The zero-order valence-electron chi connectivity index (χ0n) is 14.0. The number of anilines is 3. The molecule has 0 unspecified atom stereocenters. The van der Waals surface area contributed by atoms with Gasteiger partial charge in [-0.05, 0) is 48.9 Å². The molecule has 1 amide bonds. The van der Waals surface area contributed by atoms with E-state index in [1.54, 1.807) is 24.3 Å². The van der Waals surface area contributed by atoms with Crippen LogP contribution in [0.5, 0.6) is 0 Å². The maximum absolute atomic E-state index is 12.7. The molecule has 0 aliphatic rings. The second kappa shape index (κ2) is 7.49. The highest BCUT2D eigenvalue weighted by Crippen LogP contribution is 2.24. The van der Waals surface area contributed by atoms with Gasteiger partial charge in [-0.3, -0.25) is 9.78 Å². The van der Waals surface area contributed by atoms with Gasteiger partial charge in [-0.1, -0.05) is 34.1 Å². The lowest BCUT2D eigenvalue weighted by Crippen LogP contribution is -2.26. The first-order chi connectivity index (χ1) is 12.0. The van der Waals surface area contributed by atoms with Gasteiger partial charge in [0.15, 0.2) is 0 Å². The molecule has 0 radical (unpaired) electrons. The van der Waals surface area contributed by atoms with E-state index in [2.05, 4.69) is 26.2 Å². The Balaban J connectivity index is 1.82. The number of halogens is 1. The van der Waals surface area contributed by atoms with Crippen molar-refractivity contribution in [1.29, 1.82) is 0 Å². The van der Waals surface area contributed by atoms with E-state index < -0.39 is 0 Å². The lowest BCUT2D eigenvalue weighted by Gasteiger charge is -2.17. The number of nitrogens with one attached hydrogen (secondary N) is 1. The van der Waals surface area contributed by atoms with Gasteiger partial charge in [0.25, 0.3) is 5.91 Å². The Morgan fingerprint density at radius 2 is 1.84 bits per heavy atom. The number of aryl methyl sites for hydroxylation is 1. The van der Waals surface area contributed by atoms with Crippen LogP contribution in [0.4, 0.5) is 17.1 Å². The molecule has 0 saturated heterocycles. The molecule has 3 rings (SSSR count). The Bertz CT molecular complexity index is 896. The smallest absolute Gasteiger partial charge is 0.259 e. The zero-order chi connectivity index (χ0) is 17.8. The molecule has 1 aromatic heterocycles. The summed E-state index contributed by atoms with van der Waals surface area (Å²) >= 11 is 3.46. The maximum Gasteiger partial charge on any atom is 0.259 e. The third-order valence-electron chi connectivity index (χ3n) is 3.90. The second-order valence-electron chi connectivity index (χ2n) is 5.75. The van der Waals surface area contributed by atoms with Crippen molar-refractivity contribution < 1.29 is 4.79 Å². The lowest BCUT2D eigenvalue weighted by molar-refractivity contribution is 0.0992. The Kier molecular flexibility index (Phi) is 5.14. The number of benzene rings is 2. The molecule has 0 aliphatic heterocycles. The summed E-state index contributed by atoms with van der Waals surface area (Å²) < 4.78 is 1.03. The summed E-state index contributed by atoms with van der Waals surface area (Å²) in [7, 11) is 1.76. The van der Waals surface area contributed by atoms with Gasteiger partial charge in [-0.2, -0.15) is 0 Å². The number of carbonyl (C=O) groups is 1. The molecule has 0 aliphatic carbocycles. The normalized spacial score (nSPS) is 10.4. The summed E-state index contributed by atoms with van der Waals surface area (Å²) in [5.74, 6) is -0.102. The molecule has 0 fully saturated rings. The third kappa shape index (κ3) is 4.06. The number of hydrogen-bond acceptors (Lipinski definition) is 3. The molecule has 4 nitrogen and oxygen atoms in total. The second-order valence-corrected chi connectivity index (χ2v) is 6.66. The molecule has 2 aromatic carbocycles. The van der Waals surface area contributed by atoms with Crippen LogP contribution < -0.4 is 10.2 Å². The number of para-hydroxylation sites is 1. The largest absolute Gasteiger partial charge is 0.354 e. The van der Waals surface area contributed by atoms with E-state index in [1.165, 1.54) is 0 Å². The van der Waals surface area contributed by atoms with Crippen LogP contribution in [-0.4, -0.2) is 17.9 Å². The molecular formula is C20H18BrN3O. The highest BCUT2D eigenvalue weighted by Gasteiger charge is 2.14. The van der Waals surface area contributed by atoms with Crippen molar-refractivity contribution in [2.75, 3.05) is 17.3 Å². The van der Waals surface area contributed by atoms with Crippen molar-refractivity contribution in [3.63, 3.8) is 0 Å². The SMILES string of the molecule is Cc1cc(Br)ccc1Nc1cncc(C(=O)N(C)c2ccccc2)c1. The standard InChI is InChI=1S/C20H18BrN3O/c1-14-10-16(21)8-9-19(14)23-17-11-15(12-22-13-17)20(25)24(2)18-6-4-3-5-7-18/h3-13,23H,1-2H3. The molecule has 25 heavy (non-hydrogen) atoms. The predicted molar refractivity (Wildman–Crippen MR) is 106 cm³/mol. The number of aromatic nitrogens is 1. The Hall–Kier alpha value is -2.66. The molecule has 0 atom stereocenters. The number of amides is 1. The monoisotopic (exact) mass is 395 g/mol. The number of nitrogens with zero attached hydrogens (tertiary/aromatic N) is 2. The number of rotatable bonds is 4. The summed E-state index contributed by atoms with van der Waals surface area (Å²) in [5.41, 5.74) is 4.23. The summed E-state index contributed by atoms with van der Waals surface area (Å²) in [4.78, 5) is 18.5. The first-order valence-electron chi connectivity index (χ1n) is 7.86. The molecule has 0 saturated carbocycles. The molecule has 5 heteroatoms. The maximum atomic E-state index is 12.7. The van der Waals surface area contributed by atoms with Crippen LogP contribution in [0.3, 0.4) is 0 Å². The first-order valence-corrected chi connectivity index (χ1v) is 8.65. The highest BCUT2D eigenvalue weighted by molar-refractivity contribution is 9.10. The predicted octanol–water partition coefficient (Wildman–Crippen LogP) is 5.17. The molecule has 1 heterocycles. The van der Waals surface area contributed by atoms with E-state index in [-0.39, 0.29) is 5.91 Å². The minimum Gasteiger partial charge on any atom is -0.354 e. The van der Waals surface area contributed by atoms with Crippen molar-refractivity contribution in [2.45, 2.75) is 6.92 Å². The number of pyridine rings is 1. The van der Waals surface area contributed by atoms with Crippen molar-refractivity contribution >= 4 is 38.9 Å². The van der Waals surface area contributed by atoms with E-state index in [1.807, 2.05) is 61.5 Å². The lowest BCUT2D eigenvalue weighted by atomic mass is 10.2. The van der Waals surface area contributed by atoms with Gasteiger partial charge in [0, 0.05) is 29.1 Å². The van der Waals surface area contributed by atoms with Gasteiger partial charge < -0.3 is 10.2 Å². The van der Waals surface area contributed by atoms with Crippen LogP contribution in [-0.2, 0) is 0 Å². The average Bonchev–Trinajstić information content (AvgIpc) is 2.64. The third-order valence-corrected chi connectivity index (χ3v) is 4.39. The average molecular weight is 396 g/mol. The fourth-order valence-corrected chi connectivity index (χ4v) is 2.99. The van der Waals surface area contributed by atoms with Gasteiger partial charge >= 0.3 is 0 Å². The molecule has 0 spiro atoms. The Morgan fingerprint density at radius 1 is 1.08 bits per heavy atom. The zero-order valence-corrected chi connectivity index (χ0v) is 15.6. The molecule has 126 valence electrons. The van der Waals surface area contributed by atoms with E-state index in [0.29, 0.717) is 5.56 Å².